The molecule has 21 heavy (non-hydrogen) atoms. The molecule has 0 aromatic heterocycles. The van der Waals surface area contributed by atoms with Crippen LogP contribution in [0.5, 0.6) is 5.75 Å². The largest absolute Gasteiger partial charge is 0.484 e. The predicted molar refractivity (Wildman–Crippen MR) is 79.1 cm³/mol. The molecule has 2 aliphatic heterocycles. The molecule has 2 fully saturated rings. The number of nitrogens with zero attached hydrogens (tertiary/aromatic N) is 1. The highest BCUT2D eigenvalue weighted by Crippen LogP contribution is 2.45. The van der Waals surface area contributed by atoms with Crippen LogP contribution in [0.15, 0.2) is 24.3 Å². The molecule has 2 aliphatic rings. The number of halogens is 1. The third kappa shape index (κ3) is 3.16. The minimum absolute atomic E-state index is 0.0000847. The standard InChI is InChI=1S/C15H18FNO3S/c1-19-13-6-15(21-8-13)9-17(10-15)14(18)7-20-12-4-2-11(16)3-5-12/h2-5,13H,6-10H2,1H3/t13-/m1/s1. The first-order valence-electron chi connectivity index (χ1n) is 6.93. The Bertz CT molecular complexity index is 516. The summed E-state index contributed by atoms with van der Waals surface area (Å²) in [6.07, 6.45) is 1.32. The molecule has 2 heterocycles. The van der Waals surface area contributed by atoms with Gasteiger partial charge in [0.25, 0.3) is 5.91 Å². The minimum Gasteiger partial charge on any atom is -0.484 e. The monoisotopic (exact) mass is 311 g/mol. The van der Waals surface area contributed by atoms with Gasteiger partial charge >= 0.3 is 0 Å². The Morgan fingerprint density at radius 3 is 2.76 bits per heavy atom. The number of carbonyl (C=O) groups excluding carboxylic acids is 1. The molecular weight excluding hydrogens is 293 g/mol. The Kier molecular flexibility index (Phi) is 4.08. The molecule has 0 N–H and O–H groups in total. The zero-order chi connectivity index (χ0) is 14.9. The predicted octanol–water partition coefficient (Wildman–Crippen LogP) is 1.94. The minimum atomic E-state index is -0.315. The van der Waals surface area contributed by atoms with Gasteiger partial charge in [-0.25, -0.2) is 4.39 Å². The molecule has 2 saturated heterocycles. The van der Waals surface area contributed by atoms with Gasteiger partial charge in [0.15, 0.2) is 6.61 Å². The van der Waals surface area contributed by atoms with Crippen LogP contribution in [-0.4, -0.2) is 54.2 Å². The van der Waals surface area contributed by atoms with Crippen LogP contribution in [0.25, 0.3) is 0 Å². The summed E-state index contributed by atoms with van der Waals surface area (Å²) < 4.78 is 23.7. The van der Waals surface area contributed by atoms with Gasteiger partial charge in [0, 0.05) is 26.0 Å². The van der Waals surface area contributed by atoms with Gasteiger partial charge in [-0.3, -0.25) is 4.79 Å². The van der Waals surface area contributed by atoms with Crippen LogP contribution in [0.2, 0.25) is 0 Å². The molecule has 1 aromatic carbocycles. The summed E-state index contributed by atoms with van der Waals surface area (Å²) in [5, 5.41) is 0. The molecule has 6 heteroatoms. The lowest BCUT2D eigenvalue weighted by Crippen LogP contribution is -2.61. The highest BCUT2D eigenvalue weighted by Gasteiger charge is 2.50. The number of hydrogen-bond donors (Lipinski definition) is 0. The second-order valence-corrected chi connectivity index (χ2v) is 7.04. The third-order valence-electron chi connectivity index (χ3n) is 4.00. The molecule has 1 amide bonds. The Morgan fingerprint density at radius 2 is 2.14 bits per heavy atom. The highest BCUT2D eigenvalue weighted by atomic mass is 32.2. The molecule has 0 unspecified atom stereocenters. The van der Waals surface area contributed by atoms with Gasteiger partial charge in [0.1, 0.15) is 11.6 Å². The van der Waals surface area contributed by atoms with E-state index in [2.05, 4.69) is 0 Å². The number of rotatable bonds is 4. The number of ether oxygens (including phenoxy) is 2. The normalized spacial score (nSPS) is 23.1. The first-order valence-corrected chi connectivity index (χ1v) is 7.92. The van der Waals surface area contributed by atoms with E-state index in [4.69, 9.17) is 9.47 Å². The second-order valence-electron chi connectivity index (χ2n) is 5.55. The number of carbonyl (C=O) groups is 1. The molecule has 0 bridgehead atoms. The number of hydrogen-bond acceptors (Lipinski definition) is 4. The average molecular weight is 311 g/mol. The van der Waals surface area contributed by atoms with Gasteiger partial charge in [-0.15, -0.1) is 11.8 Å². The van der Waals surface area contributed by atoms with E-state index < -0.39 is 0 Å². The zero-order valence-corrected chi connectivity index (χ0v) is 12.7. The van der Waals surface area contributed by atoms with E-state index in [1.807, 2.05) is 16.7 Å². The van der Waals surface area contributed by atoms with Crippen molar-refractivity contribution in [3.63, 3.8) is 0 Å². The van der Waals surface area contributed by atoms with Crippen molar-refractivity contribution in [2.45, 2.75) is 17.3 Å². The van der Waals surface area contributed by atoms with Crippen molar-refractivity contribution in [3.8, 4) is 5.75 Å². The number of methoxy groups -OCH3 is 1. The summed E-state index contributed by atoms with van der Waals surface area (Å²) in [7, 11) is 1.74. The van der Waals surface area contributed by atoms with Crippen molar-refractivity contribution < 1.29 is 18.7 Å². The van der Waals surface area contributed by atoms with Crippen molar-refractivity contribution >= 4 is 17.7 Å². The third-order valence-corrected chi connectivity index (χ3v) is 5.57. The first kappa shape index (κ1) is 14.7. The summed E-state index contributed by atoms with van der Waals surface area (Å²) in [4.78, 5) is 13.9. The van der Waals surface area contributed by atoms with E-state index in [-0.39, 0.29) is 23.1 Å². The quantitative estimate of drug-likeness (QED) is 0.852. The van der Waals surface area contributed by atoms with E-state index in [0.29, 0.717) is 11.9 Å². The average Bonchev–Trinajstić information content (AvgIpc) is 2.89. The lowest BCUT2D eigenvalue weighted by atomic mass is 9.93. The summed E-state index contributed by atoms with van der Waals surface area (Å²) >= 11 is 1.90. The molecule has 0 saturated carbocycles. The molecule has 1 spiro atoms. The van der Waals surface area contributed by atoms with Crippen molar-refractivity contribution in [1.29, 1.82) is 0 Å². The van der Waals surface area contributed by atoms with Crippen LogP contribution >= 0.6 is 11.8 Å². The van der Waals surface area contributed by atoms with Crippen molar-refractivity contribution in [2.75, 3.05) is 32.6 Å². The van der Waals surface area contributed by atoms with Crippen LogP contribution in [-0.2, 0) is 9.53 Å². The first-order chi connectivity index (χ1) is 10.1. The van der Waals surface area contributed by atoms with E-state index in [9.17, 15) is 9.18 Å². The molecule has 3 rings (SSSR count). The maximum atomic E-state index is 12.8. The lowest BCUT2D eigenvalue weighted by Gasteiger charge is -2.47. The number of benzene rings is 1. The lowest BCUT2D eigenvalue weighted by molar-refractivity contribution is -0.138. The highest BCUT2D eigenvalue weighted by molar-refractivity contribution is 8.01. The van der Waals surface area contributed by atoms with Crippen LogP contribution in [0, 0.1) is 5.82 Å². The van der Waals surface area contributed by atoms with Gasteiger partial charge in [0.2, 0.25) is 0 Å². The Labute approximate surface area is 127 Å². The van der Waals surface area contributed by atoms with Crippen LogP contribution in [0.1, 0.15) is 6.42 Å². The molecule has 1 aromatic rings. The van der Waals surface area contributed by atoms with Gasteiger partial charge < -0.3 is 14.4 Å². The fourth-order valence-corrected chi connectivity index (χ4v) is 4.36. The smallest absolute Gasteiger partial charge is 0.260 e. The van der Waals surface area contributed by atoms with Crippen LogP contribution in [0.3, 0.4) is 0 Å². The van der Waals surface area contributed by atoms with E-state index in [1.54, 1.807) is 7.11 Å². The SMILES string of the molecule is CO[C@H]1CSC2(C1)CN(C(=O)COc1ccc(F)cc1)C2. The van der Waals surface area contributed by atoms with Crippen molar-refractivity contribution in [1.82, 2.24) is 4.90 Å². The topological polar surface area (TPSA) is 38.8 Å². The summed E-state index contributed by atoms with van der Waals surface area (Å²) in [6, 6.07) is 5.68. The van der Waals surface area contributed by atoms with Crippen molar-refractivity contribution in [2.24, 2.45) is 0 Å². The summed E-state index contributed by atoms with van der Waals surface area (Å²) in [5.74, 6) is 1.18. The van der Waals surface area contributed by atoms with Crippen LogP contribution < -0.4 is 4.74 Å². The zero-order valence-electron chi connectivity index (χ0n) is 11.9. The molecular formula is C15H18FNO3S. The Morgan fingerprint density at radius 1 is 1.43 bits per heavy atom. The fraction of sp³-hybridized carbons (Fsp3) is 0.533. The van der Waals surface area contributed by atoms with Crippen LogP contribution in [0.4, 0.5) is 4.39 Å². The fourth-order valence-electron chi connectivity index (χ4n) is 2.77. The van der Waals surface area contributed by atoms with E-state index in [0.717, 1.165) is 25.3 Å². The number of likely N-dealkylation sites (tertiary alicyclic amines) is 1. The second kappa shape index (κ2) is 5.85. The van der Waals surface area contributed by atoms with Crippen molar-refractivity contribution in [3.05, 3.63) is 30.1 Å². The maximum Gasteiger partial charge on any atom is 0.260 e. The molecule has 0 radical (unpaired) electrons. The molecule has 114 valence electrons. The summed E-state index contributed by atoms with van der Waals surface area (Å²) in [6.45, 7) is 1.53. The maximum absolute atomic E-state index is 12.8. The van der Waals surface area contributed by atoms with E-state index in [1.165, 1.54) is 24.3 Å². The number of amides is 1. The molecule has 0 aliphatic carbocycles. The molecule has 1 atom stereocenters. The molecule has 4 nitrogen and oxygen atoms in total. The van der Waals surface area contributed by atoms with Gasteiger partial charge in [-0.2, -0.15) is 0 Å². The summed E-state index contributed by atoms with van der Waals surface area (Å²) in [5.41, 5.74) is 0. The van der Waals surface area contributed by atoms with Gasteiger partial charge in [-0.1, -0.05) is 0 Å². The number of thioether (sulfide) groups is 1. The Balaban J connectivity index is 1.45. The van der Waals surface area contributed by atoms with Gasteiger partial charge in [-0.05, 0) is 30.7 Å². The van der Waals surface area contributed by atoms with E-state index >= 15 is 0 Å². The Hall–Kier alpha value is -1.27. The van der Waals surface area contributed by atoms with Gasteiger partial charge in [0.05, 0.1) is 10.9 Å².